The summed E-state index contributed by atoms with van der Waals surface area (Å²) in [5.74, 6) is -0.477. The summed E-state index contributed by atoms with van der Waals surface area (Å²) >= 11 is 3.39. The number of unbranched alkanes of at least 4 members (excludes halogenated alkanes) is 1. The van der Waals surface area contributed by atoms with Gasteiger partial charge < -0.3 is 0 Å². The van der Waals surface area contributed by atoms with Gasteiger partial charge in [-0.2, -0.15) is 5.26 Å². The van der Waals surface area contributed by atoms with Crippen molar-refractivity contribution in [3.05, 3.63) is 51.2 Å². The molecule has 1 aliphatic heterocycles. The molecule has 1 fully saturated rings. The Bertz CT molecular complexity index is 908. The summed E-state index contributed by atoms with van der Waals surface area (Å²) < 4.78 is 1.04. The number of pyridine rings is 1. The van der Waals surface area contributed by atoms with E-state index in [2.05, 4.69) is 40.6 Å². The third kappa shape index (κ3) is 4.50. The molecule has 27 heavy (non-hydrogen) atoms. The number of halogens is 1. The molecule has 0 N–H and O–H groups in total. The molecule has 1 aliphatic rings. The van der Waals surface area contributed by atoms with Crippen LogP contribution in [0.3, 0.4) is 0 Å². The maximum absolute atomic E-state index is 12.8. The van der Waals surface area contributed by atoms with Crippen LogP contribution < -0.4 is 4.90 Å². The molecule has 7 heteroatoms. The van der Waals surface area contributed by atoms with Gasteiger partial charge in [0.2, 0.25) is 11.8 Å². The van der Waals surface area contributed by atoms with Crippen molar-refractivity contribution in [3.63, 3.8) is 0 Å². The molecular formula is C20H18IN3O2S. The first-order valence-electron chi connectivity index (χ1n) is 8.72. The lowest BCUT2D eigenvalue weighted by molar-refractivity contribution is -0.121. The normalized spacial score (nSPS) is 16.6. The number of amides is 2. The smallest absolute Gasteiger partial charge is 0.247 e. The average Bonchev–Trinajstić information content (AvgIpc) is 2.94. The zero-order valence-corrected chi connectivity index (χ0v) is 17.8. The summed E-state index contributed by atoms with van der Waals surface area (Å²) in [5.41, 5.74) is 1.93. The van der Waals surface area contributed by atoms with Gasteiger partial charge in [-0.15, -0.1) is 0 Å². The lowest BCUT2D eigenvalue weighted by Gasteiger charge is -2.15. The minimum Gasteiger partial charge on any atom is -0.274 e. The zero-order valence-electron chi connectivity index (χ0n) is 14.8. The Hall–Kier alpha value is -1.92. The highest BCUT2D eigenvalue weighted by Crippen LogP contribution is 2.34. The van der Waals surface area contributed by atoms with Gasteiger partial charge in [-0.3, -0.25) is 9.59 Å². The zero-order chi connectivity index (χ0) is 19.4. The van der Waals surface area contributed by atoms with Gasteiger partial charge in [-0.1, -0.05) is 25.1 Å². The van der Waals surface area contributed by atoms with Crippen LogP contribution in [0.5, 0.6) is 0 Å². The first-order valence-corrected chi connectivity index (χ1v) is 10.7. The van der Waals surface area contributed by atoms with E-state index in [0.29, 0.717) is 16.3 Å². The largest absolute Gasteiger partial charge is 0.274 e. The maximum atomic E-state index is 12.8. The fourth-order valence-electron chi connectivity index (χ4n) is 2.84. The minimum atomic E-state index is -0.558. The van der Waals surface area contributed by atoms with Gasteiger partial charge in [0, 0.05) is 15.7 Å². The van der Waals surface area contributed by atoms with Crippen molar-refractivity contribution >= 4 is 51.9 Å². The van der Waals surface area contributed by atoms with Crippen LogP contribution >= 0.6 is 34.4 Å². The molecule has 3 rings (SSSR count). The fraction of sp³-hybridized carbons (Fsp3) is 0.300. The van der Waals surface area contributed by atoms with Gasteiger partial charge >= 0.3 is 0 Å². The molecule has 1 atom stereocenters. The van der Waals surface area contributed by atoms with Gasteiger partial charge in [-0.25, -0.2) is 9.88 Å². The number of aryl methyl sites for hydroxylation is 1. The van der Waals surface area contributed by atoms with Crippen molar-refractivity contribution in [2.45, 2.75) is 42.9 Å². The van der Waals surface area contributed by atoms with Crippen LogP contribution in [0, 0.1) is 14.9 Å². The molecule has 0 radical (unpaired) electrons. The van der Waals surface area contributed by atoms with E-state index in [1.807, 2.05) is 18.2 Å². The van der Waals surface area contributed by atoms with Crippen LogP contribution in [0.1, 0.15) is 37.4 Å². The number of imide groups is 1. The molecule has 1 aromatic carbocycles. The van der Waals surface area contributed by atoms with Crippen LogP contribution in [0.15, 0.2) is 41.4 Å². The predicted molar refractivity (Wildman–Crippen MR) is 113 cm³/mol. The second-order valence-corrected chi connectivity index (χ2v) is 8.66. The number of nitriles is 1. The molecule has 0 bridgehead atoms. The molecule has 1 aromatic heterocycles. The highest BCUT2D eigenvalue weighted by Gasteiger charge is 2.40. The van der Waals surface area contributed by atoms with Crippen molar-refractivity contribution in [2.75, 3.05) is 4.90 Å². The topological polar surface area (TPSA) is 74.1 Å². The Balaban J connectivity index is 1.82. The first kappa shape index (κ1) is 19.8. The second-order valence-electron chi connectivity index (χ2n) is 6.23. The van der Waals surface area contributed by atoms with E-state index in [1.54, 1.807) is 18.2 Å². The Kier molecular flexibility index (Phi) is 6.50. The van der Waals surface area contributed by atoms with Crippen molar-refractivity contribution in [1.29, 1.82) is 5.26 Å². The number of hydrogen-bond donors (Lipinski definition) is 0. The van der Waals surface area contributed by atoms with Crippen molar-refractivity contribution < 1.29 is 9.59 Å². The summed E-state index contributed by atoms with van der Waals surface area (Å²) in [4.78, 5) is 31.1. The average molecular weight is 491 g/mol. The fourth-order valence-corrected chi connectivity index (χ4v) is 4.31. The summed E-state index contributed by atoms with van der Waals surface area (Å²) in [6.07, 6.45) is 3.03. The molecule has 0 saturated carbocycles. The molecule has 138 valence electrons. The molecule has 1 unspecified atom stereocenters. The van der Waals surface area contributed by atoms with E-state index < -0.39 is 5.25 Å². The minimum absolute atomic E-state index is 0.112. The quantitative estimate of drug-likeness (QED) is 0.445. The molecule has 2 aromatic rings. The standard InChI is InChI=1S/C20H18IN3O2S/c1-2-3-4-15-8-5-13(12-22)19(23-15)27-17-11-18(25)24(20(17)26)16-9-6-14(21)7-10-16/h5-10,17H,2-4,11H2,1H3. The Morgan fingerprint density at radius 3 is 2.67 bits per heavy atom. The second kappa shape index (κ2) is 8.85. The van der Waals surface area contributed by atoms with Crippen LogP contribution in [0.25, 0.3) is 0 Å². The van der Waals surface area contributed by atoms with Crippen LogP contribution in [-0.2, 0) is 16.0 Å². The highest BCUT2D eigenvalue weighted by molar-refractivity contribution is 14.1. The number of anilines is 1. The Morgan fingerprint density at radius 1 is 1.26 bits per heavy atom. The number of thioether (sulfide) groups is 1. The maximum Gasteiger partial charge on any atom is 0.247 e. The van der Waals surface area contributed by atoms with Crippen LogP contribution in [-0.4, -0.2) is 22.0 Å². The molecule has 5 nitrogen and oxygen atoms in total. The highest BCUT2D eigenvalue weighted by atomic mass is 127. The van der Waals surface area contributed by atoms with E-state index in [-0.39, 0.29) is 18.2 Å². The first-order chi connectivity index (χ1) is 13.0. The van der Waals surface area contributed by atoms with Crippen LogP contribution in [0.2, 0.25) is 0 Å². The van der Waals surface area contributed by atoms with Gasteiger partial charge in [0.15, 0.2) is 0 Å². The van der Waals surface area contributed by atoms with Gasteiger partial charge in [0.25, 0.3) is 0 Å². The third-order valence-corrected chi connectivity index (χ3v) is 6.18. The SMILES string of the molecule is CCCCc1ccc(C#N)c(SC2CC(=O)N(c3ccc(I)cc3)C2=O)n1. The molecular weight excluding hydrogens is 473 g/mol. The Morgan fingerprint density at radius 2 is 2.00 bits per heavy atom. The number of aromatic nitrogens is 1. The molecule has 0 aliphatic carbocycles. The molecule has 2 heterocycles. The summed E-state index contributed by atoms with van der Waals surface area (Å²) in [7, 11) is 0. The van der Waals surface area contributed by atoms with Crippen molar-refractivity contribution in [2.24, 2.45) is 0 Å². The lowest BCUT2D eigenvalue weighted by atomic mass is 10.2. The summed E-state index contributed by atoms with van der Waals surface area (Å²) in [5, 5.41) is 9.34. The van der Waals surface area contributed by atoms with E-state index in [9.17, 15) is 14.9 Å². The van der Waals surface area contributed by atoms with Crippen LogP contribution in [0.4, 0.5) is 5.69 Å². The van der Waals surface area contributed by atoms with Gasteiger partial charge in [0.1, 0.15) is 11.1 Å². The lowest BCUT2D eigenvalue weighted by Crippen LogP contribution is -2.31. The van der Waals surface area contributed by atoms with Crippen molar-refractivity contribution in [3.8, 4) is 6.07 Å². The number of rotatable bonds is 6. The number of carbonyl (C=O) groups is 2. The number of hydrogen-bond acceptors (Lipinski definition) is 5. The molecule has 0 spiro atoms. The van der Waals surface area contributed by atoms with E-state index in [1.165, 1.54) is 16.7 Å². The van der Waals surface area contributed by atoms with Gasteiger partial charge in [-0.05, 0) is 71.8 Å². The van der Waals surface area contributed by atoms with E-state index in [0.717, 1.165) is 28.5 Å². The monoisotopic (exact) mass is 491 g/mol. The molecule has 2 amide bonds. The van der Waals surface area contributed by atoms with E-state index >= 15 is 0 Å². The molecule has 1 saturated heterocycles. The summed E-state index contributed by atoms with van der Waals surface area (Å²) in [6, 6.07) is 13.0. The Labute approximate surface area is 176 Å². The van der Waals surface area contributed by atoms with Gasteiger partial charge in [0.05, 0.1) is 16.5 Å². The van der Waals surface area contributed by atoms with Crippen molar-refractivity contribution in [1.82, 2.24) is 4.98 Å². The van der Waals surface area contributed by atoms with E-state index in [4.69, 9.17) is 0 Å². The third-order valence-electron chi connectivity index (χ3n) is 4.27. The number of nitrogens with zero attached hydrogens (tertiary/aromatic N) is 3. The summed E-state index contributed by atoms with van der Waals surface area (Å²) in [6.45, 7) is 2.11. The predicted octanol–water partition coefficient (Wildman–Crippen LogP) is 4.32. The number of carbonyl (C=O) groups excluding carboxylic acids is 2. The number of benzene rings is 1.